The first-order valence-electron chi connectivity index (χ1n) is 10.1. The molecule has 1 aliphatic rings. The Labute approximate surface area is 173 Å². The van der Waals surface area contributed by atoms with Crippen molar-refractivity contribution >= 4 is 17.3 Å². The number of aromatic carboxylic acids is 1. The zero-order chi connectivity index (χ0) is 20.7. The number of carbonyl (C=O) groups is 1. The topological polar surface area (TPSA) is 111 Å². The molecule has 30 heavy (non-hydrogen) atoms. The van der Waals surface area contributed by atoms with Crippen LogP contribution in [0, 0.1) is 0 Å². The number of hydrogen-bond acceptors (Lipinski definition) is 5. The molecule has 8 heteroatoms. The highest BCUT2D eigenvalue weighted by molar-refractivity contribution is 5.93. The first-order valence-corrected chi connectivity index (χ1v) is 10.1. The van der Waals surface area contributed by atoms with Gasteiger partial charge in [-0.1, -0.05) is 31.4 Å². The number of nitrogens with two attached hydrogens (primary N) is 1. The van der Waals surface area contributed by atoms with Gasteiger partial charge in [0.2, 0.25) is 0 Å². The van der Waals surface area contributed by atoms with Crippen molar-refractivity contribution in [3.05, 3.63) is 54.5 Å². The molecular weight excluding hydrogens is 380 g/mol. The molecule has 8 nitrogen and oxygen atoms in total. The van der Waals surface area contributed by atoms with Gasteiger partial charge in [0.1, 0.15) is 11.8 Å². The van der Waals surface area contributed by atoms with E-state index in [9.17, 15) is 9.90 Å². The number of nitrogen functional groups attached to an aromatic ring is 1. The van der Waals surface area contributed by atoms with Crippen LogP contribution in [-0.2, 0) is 0 Å². The van der Waals surface area contributed by atoms with E-state index in [1.807, 2.05) is 24.4 Å². The highest BCUT2D eigenvalue weighted by atomic mass is 16.4. The van der Waals surface area contributed by atoms with E-state index in [-0.39, 0.29) is 5.56 Å². The van der Waals surface area contributed by atoms with Crippen LogP contribution in [0.4, 0.5) is 5.82 Å². The number of fused-ring (bicyclic) bond motifs is 1. The lowest BCUT2D eigenvalue weighted by Gasteiger charge is -2.23. The molecule has 0 bridgehead atoms. The predicted octanol–water partition coefficient (Wildman–Crippen LogP) is 4.05. The quantitative estimate of drug-likeness (QED) is 0.533. The number of carboxylic acids is 1. The molecular formula is C22H22N6O2. The third-order valence-electron chi connectivity index (χ3n) is 5.85. The van der Waals surface area contributed by atoms with Crippen LogP contribution in [0.1, 0.15) is 48.5 Å². The fraction of sp³-hybridized carbons (Fsp3) is 0.273. The van der Waals surface area contributed by atoms with Crippen molar-refractivity contribution in [2.75, 3.05) is 5.73 Å². The maximum atomic E-state index is 11.4. The molecule has 5 rings (SSSR count). The molecule has 0 unspecified atom stereocenters. The molecule has 0 radical (unpaired) electrons. The van der Waals surface area contributed by atoms with Gasteiger partial charge in [0.05, 0.1) is 23.0 Å². The second-order valence-electron chi connectivity index (χ2n) is 7.69. The maximum Gasteiger partial charge on any atom is 0.335 e. The molecule has 152 valence electrons. The summed E-state index contributed by atoms with van der Waals surface area (Å²) < 4.78 is 3.83. The molecule has 3 N–H and O–H groups in total. The predicted molar refractivity (Wildman–Crippen MR) is 113 cm³/mol. The summed E-state index contributed by atoms with van der Waals surface area (Å²) in [6.45, 7) is 0. The van der Waals surface area contributed by atoms with Gasteiger partial charge in [-0.2, -0.15) is 10.2 Å². The Morgan fingerprint density at radius 3 is 2.70 bits per heavy atom. The molecule has 0 aliphatic heterocycles. The number of benzene rings is 1. The standard InChI is InChI=1S/C22H22N6O2/c23-21-20-17(18-9-10-25-27(18)16-7-2-1-3-8-16)12-19(28(20)26-13-24-21)14-5-4-6-15(11-14)22(29)30/h4-6,9-13,16H,1-3,7-8H2,(H,29,30)(H2,23,24,26). The third kappa shape index (κ3) is 3.01. The lowest BCUT2D eigenvalue weighted by atomic mass is 9.95. The third-order valence-corrected chi connectivity index (χ3v) is 5.85. The zero-order valence-corrected chi connectivity index (χ0v) is 16.4. The molecule has 0 saturated heterocycles. The van der Waals surface area contributed by atoms with E-state index < -0.39 is 5.97 Å². The van der Waals surface area contributed by atoms with E-state index in [4.69, 9.17) is 5.73 Å². The van der Waals surface area contributed by atoms with Gasteiger partial charge >= 0.3 is 5.97 Å². The van der Waals surface area contributed by atoms with Crippen LogP contribution in [0.25, 0.3) is 28.0 Å². The van der Waals surface area contributed by atoms with Crippen molar-refractivity contribution in [1.82, 2.24) is 24.4 Å². The summed E-state index contributed by atoms with van der Waals surface area (Å²) in [5.74, 6) is -0.598. The van der Waals surface area contributed by atoms with Crippen LogP contribution in [0.5, 0.6) is 0 Å². The first-order chi connectivity index (χ1) is 14.6. The molecule has 0 amide bonds. The fourth-order valence-electron chi connectivity index (χ4n) is 4.42. The lowest BCUT2D eigenvalue weighted by Crippen LogP contribution is -2.15. The van der Waals surface area contributed by atoms with Crippen LogP contribution >= 0.6 is 0 Å². The van der Waals surface area contributed by atoms with Crippen LogP contribution in [0.2, 0.25) is 0 Å². The normalized spacial score (nSPS) is 14.9. The van der Waals surface area contributed by atoms with Crippen molar-refractivity contribution in [3.8, 4) is 22.5 Å². The average Bonchev–Trinajstić information content (AvgIpc) is 3.40. The van der Waals surface area contributed by atoms with Gasteiger partial charge in [-0.15, -0.1) is 0 Å². The Kier molecular flexibility index (Phi) is 4.46. The van der Waals surface area contributed by atoms with E-state index in [1.54, 1.807) is 22.7 Å². The minimum atomic E-state index is -0.970. The van der Waals surface area contributed by atoms with Gasteiger partial charge in [-0.05, 0) is 37.1 Å². The largest absolute Gasteiger partial charge is 0.478 e. The number of hydrogen-bond donors (Lipinski definition) is 2. The molecule has 4 aromatic rings. The smallest absolute Gasteiger partial charge is 0.335 e. The van der Waals surface area contributed by atoms with Crippen molar-refractivity contribution in [1.29, 1.82) is 0 Å². The fourth-order valence-corrected chi connectivity index (χ4v) is 4.42. The SMILES string of the molecule is Nc1ncnn2c(-c3cccc(C(=O)O)c3)cc(-c3ccnn3C3CCCCC3)c12. The van der Waals surface area contributed by atoms with Crippen molar-refractivity contribution in [2.24, 2.45) is 0 Å². The minimum absolute atomic E-state index is 0.221. The van der Waals surface area contributed by atoms with Gasteiger partial charge in [-0.25, -0.2) is 14.3 Å². The molecule has 1 aliphatic carbocycles. The lowest BCUT2D eigenvalue weighted by molar-refractivity contribution is 0.0697. The summed E-state index contributed by atoms with van der Waals surface area (Å²) in [7, 11) is 0. The minimum Gasteiger partial charge on any atom is -0.478 e. The van der Waals surface area contributed by atoms with Gasteiger partial charge in [0.15, 0.2) is 5.82 Å². The van der Waals surface area contributed by atoms with Crippen molar-refractivity contribution in [3.63, 3.8) is 0 Å². The molecule has 3 aromatic heterocycles. The average molecular weight is 402 g/mol. The monoisotopic (exact) mass is 402 g/mol. The van der Waals surface area contributed by atoms with Crippen LogP contribution < -0.4 is 5.73 Å². The molecule has 1 saturated carbocycles. The number of rotatable bonds is 4. The molecule has 1 aromatic carbocycles. The van der Waals surface area contributed by atoms with E-state index >= 15 is 0 Å². The van der Waals surface area contributed by atoms with Crippen LogP contribution in [0.3, 0.4) is 0 Å². The number of carboxylic acid groups (broad SMARTS) is 1. The second-order valence-corrected chi connectivity index (χ2v) is 7.69. The van der Waals surface area contributed by atoms with E-state index in [0.29, 0.717) is 17.4 Å². The van der Waals surface area contributed by atoms with Gasteiger partial charge < -0.3 is 10.8 Å². The number of aromatic nitrogens is 5. The molecule has 1 fully saturated rings. The van der Waals surface area contributed by atoms with Gasteiger partial charge in [0, 0.05) is 17.3 Å². The Balaban J connectivity index is 1.71. The Morgan fingerprint density at radius 2 is 1.90 bits per heavy atom. The Bertz CT molecular complexity index is 1240. The summed E-state index contributed by atoms with van der Waals surface area (Å²) in [4.78, 5) is 15.6. The van der Waals surface area contributed by atoms with E-state index in [0.717, 1.165) is 35.4 Å². The summed E-state index contributed by atoms with van der Waals surface area (Å²) >= 11 is 0. The van der Waals surface area contributed by atoms with Crippen molar-refractivity contribution < 1.29 is 9.90 Å². The second kappa shape index (κ2) is 7.29. The zero-order valence-electron chi connectivity index (χ0n) is 16.4. The van der Waals surface area contributed by atoms with Gasteiger partial charge in [0.25, 0.3) is 0 Å². The summed E-state index contributed by atoms with van der Waals surface area (Å²) in [5.41, 5.74) is 10.6. The highest BCUT2D eigenvalue weighted by Crippen LogP contribution is 2.37. The summed E-state index contributed by atoms with van der Waals surface area (Å²) in [6, 6.07) is 11.2. The van der Waals surface area contributed by atoms with E-state index in [2.05, 4.69) is 19.9 Å². The molecule has 0 atom stereocenters. The molecule has 3 heterocycles. The number of nitrogens with zero attached hydrogens (tertiary/aromatic N) is 5. The Hall–Kier alpha value is -3.68. The first kappa shape index (κ1) is 18.4. The van der Waals surface area contributed by atoms with Crippen LogP contribution in [-0.4, -0.2) is 35.5 Å². The summed E-state index contributed by atoms with van der Waals surface area (Å²) in [6.07, 6.45) is 9.14. The van der Waals surface area contributed by atoms with E-state index in [1.165, 1.54) is 25.6 Å². The van der Waals surface area contributed by atoms with Gasteiger partial charge in [-0.3, -0.25) is 4.68 Å². The van der Waals surface area contributed by atoms with Crippen molar-refractivity contribution in [2.45, 2.75) is 38.1 Å². The summed E-state index contributed by atoms with van der Waals surface area (Å²) in [5, 5.41) is 18.4. The highest BCUT2D eigenvalue weighted by Gasteiger charge is 2.23. The maximum absolute atomic E-state index is 11.4. The Morgan fingerprint density at radius 1 is 1.07 bits per heavy atom. The number of anilines is 1. The van der Waals surface area contributed by atoms with Crippen LogP contribution in [0.15, 0.2) is 48.9 Å². The molecule has 0 spiro atoms.